The molecule has 1 heterocycles. The third-order valence-corrected chi connectivity index (χ3v) is 4.22. The molecule has 0 atom stereocenters. The minimum absolute atomic E-state index is 0.0243. The molecule has 0 aliphatic rings. The molecule has 3 aromatic rings. The van der Waals surface area contributed by atoms with E-state index in [1.54, 1.807) is 0 Å². The highest BCUT2D eigenvalue weighted by molar-refractivity contribution is 6.33. The maximum atomic E-state index is 12.8. The fourth-order valence-electron chi connectivity index (χ4n) is 2.92. The Bertz CT molecular complexity index is 1020. The topological polar surface area (TPSA) is 65.1 Å². The quantitative estimate of drug-likeness (QED) is 0.389. The highest BCUT2D eigenvalue weighted by Crippen LogP contribution is 2.30. The standard InChI is InChI=1S/C16H13ClN2O3/c1-8-4-9(2)15-14(5-8)18(3)12-7-11(17)13(19(21)22)6-10(12)16(15)20/h4-7H,1-3H3. The van der Waals surface area contributed by atoms with Crippen LogP contribution in [-0.2, 0) is 7.05 Å². The number of hydrogen-bond donors (Lipinski definition) is 0. The summed E-state index contributed by atoms with van der Waals surface area (Å²) in [6.07, 6.45) is 0. The first-order valence-electron chi connectivity index (χ1n) is 6.69. The minimum atomic E-state index is -0.576. The Morgan fingerprint density at radius 3 is 2.45 bits per heavy atom. The number of rotatable bonds is 1. The molecule has 0 fully saturated rings. The number of pyridine rings is 1. The zero-order valence-electron chi connectivity index (χ0n) is 12.3. The molecule has 5 nitrogen and oxygen atoms in total. The Balaban J connectivity index is 2.63. The number of fused-ring (bicyclic) bond motifs is 2. The molecule has 22 heavy (non-hydrogen) atoms. The molecule has 3 rings (SSSR count). The molecule has 0 saturated carbocycles. The van der Waals surface area contributed by atoms with Gasteiger partial charge in [0.2, 0.25) is 0 Å². The normalized spacial score (nSPS) is 11.3. The first kappa shape index (κ1) is 14.5. The predicted octanol–water partition coefficient (Wildman–Crippen LogP) is 3.87. The van der Waals surface area contributed by atoms with Crippen LogP contribution in [0, 0.1) is 24.0 Å². The van der Waals surface area contributed by atoms with Gasteiger partial charge in [-0.15, -0.1) is 0 Å². The van der Waals surface area contributed by atoms with Crippen LogP contribution < -0.4 is 5.43 Å². The smallest absolute Gasteiger partial charge is 0.288 e. The van der Waals surface area contributed by atoms with Crippen LogP contribution in [0.5, 0.6) is 0 Å². The number of aromatic nitrogens is 1. The second-order valence-corrected chi connectivity index (χ2v) is 5.85. The van der Waals surface area contributed by atoms with E-state index < -0.39 is 4.92 Å². The summed E-state index contributed by atoms with van der Waals surface area (Å²) < 4.78 is 1.85. The molecular formula is C16H13ClN2O3. The highest BCUT2D eigenvalue weighted by Gasteiger charge is 2.18. The zero-order chi connectivity index (χ0) is 16.2. The summed E-state index contributed by atoms with van der Waals surface area (Å²) in [4.78, 5) is 23.3. The van der Waals surface area contributed by atoms with Gasteiger partial charge in [-0.25, -0.2) is 0 Å². The second kappa shape index (κ2) is 4.81. The average molecular weight is 317 g/mol. The number of nitro benzene ring substituents is 1. The van der Waals surface area contributed by atoms with E-state index in [4.69, 9.17) is 11.6 Å². The van der Waals surface area contributed by atoms with Gasteiger partial charge in [-0.05, 0) is 37.1 Å². The summed E-state index contributed by atoms with van der Waals surface area (Å²) in [6.45, 7) is 3.83. The van der Waals surface area contributed by atoms with Gasteiger partial charge in [0.1, 0.15) is 5.02 Å². The van der Waals surface area contributed by atoms with Crippen molar-refractivity contribution in [1.29, 1.82) is 0 Å². The third-order valence-electron chi connectivity index (χ3n) is 3.92. The van der Waals surface area contributed by atoms with Crippen molar-refractivity contribution in [3.63, 3.8) is 0 Å². The number of hydrogen-bond acceptors (Lipinski definition) is 3. The summed E-state index contributed by atoms with van der Waals surface area (Å²) in [5, 5.41) is 12.0. The number of halogens is 1. The summed E-state index contributed by atoms with van der Waals surface area (Å²) in [5.41, 5.74) is 2.82. The van der Waals surface area contributed by atoms with E-state index in [1.165, 1.54) is 12.1 Å². The molecule has 0 amide bonds. The van der Waals surface area contributed by atoms with Gasteiger partial charge in [-0.2, -0.15) is 0 Å². The molecule has 0 unspecified atom stereocenters. The van der Waals surface area contributed by atoms with Gasteiger partial charge in [0, 0.05) is 18.5 Å². The lowest BCUT2D eigenvalue weighted by Gasteiger charge is -2.13. The molecule has 0 radical (unpaired) electrons. The minimum Gasteiger partial charge on any atom is -0.343 e. The van der Waals surface area contributed by atoms with E-state index in [0.717, 1.165) is 16.6 Å². The van der Waals surface area contributed by atoms with Crippen LogP contribution in [0.2, 0.25) is 5.02 Å². The summed E-state index contributed by atoms with van der Waals surface area (Å²) in [6, 6.07) is 6.60. The van der Waals surface area contributed by atoms with Crippen LogP contribution in [0.25, 0.3) is 21.8 Å². The first-order valence-corrected chi connectivity index (χ1v) is 7.06. The monoisotopic (exact) mass is 316 g/mol. The lowest BCUT2D eigenvalue weighted by atomic mass is 10.0. The van der Waals surface area contributed by atoms with Gasteiger partial charge in [0.15, 0.2) is 5.43 Å². The van der Waals surface area contributed by atoms with Crippen molar-refractivity contribution in [2.45, 2.75) is 13.8 Å². The SMILES string of the molecule is Cc1cc(C)c2c(=O)c3cc([N+](=O)[O-])c(Cl)cc3n(C)c2c1. The Morgan fingerprint density at radius 1 is 1.14 bits per heavy atom. The molecule has 2 aromatic carbocycles. The Kier molecular flexibility index (Phi) is 3.18. The van der Waals surface area contributed by atoms with Crippen LogP contribution in [0.1, 0.15) is 11.1 Å². The van der Waals surface area contributed by atoms with Crippen LogP contribution in [0.15, 0.2) is 29.1 Å². The van der Waals surface area contributed by atoms with Crippen LogP contribution in [0.3, 0.4) is 0 Å². The Morgan fingerprint density at radius 2 is 1.82 bits per heavy atom. The highest BCUT2D eigenvalue weighted by atomic mass is 35.5. The Labute approximate surface area is 130 Å². The largest absolute Gasteiger partial charge is 0.343 e. The van der Waals surface area contributed by atoms with Crippen LogP contribution in [-0.4, -0.2) is 9.49 Å². The molecule has 0 saturated heterocycles. The van der Waals surface area contributed by atoms with Crippen molar-refractivity contribution in [3.05, 3.63) is 60.8 Å². The van der Waals surface area contributed by atoms with Crippen molar-refractivity contribution >= 4 is 39.1 Å². The van der Waals surface area contributed by atoms with Crippen molar-refractivity contribution in [2.24, 2.45) is 7.05 Å². The van der Waals surface area contributed by atoms with Gasteiger partial charge >= 0.3 is 0 Å². The van der Waals surface area contributed by atoms with E-state index in [0.29, 0.717) is 16.3 Å². The van der Waals surface area contributed by atoms with Crippen molar-refractivity contribution in [2.75, 3.05) is 0 Å². The molecule has 0 N–H and O–H groups in total. The van der Waals surface area contributed by atoms with Crippen molar-refractivity contribution in [3.8, 4) is 0 Å². The number of nitrogens with zero attached hydrogens (tertiary/aromatic N) is 2. The second-order valence-electron chi connectivity index (χ2n) is 5.44. The number of aryl methyl sites for hydroxylation is 3. The summed E-state index contributed by atoms with van der Waals surface area (Å²) >= 11 is 5.98. The fourth-order valence-corrected chi connectivity index (χ4v) is 3.15. The van der Waals surface area contributed by atoms with Gasteiger partial charge in [0.25, 0.3) is 5.69 Å². The molecular weight excluding hydrogens is 304 g/mol. The Hall–Kier alpha value is -2.40. The van der Waals surface area contributed by atoms with E-state index in [1.807, 2.05) is 37.6 Å². The number of nitro groups is 1. The number of benzene rings is 2. The van der Waals surface area contributed by atoms with E-state index in [-0.39, 0.29) is 16.1 Å². The van der Waals surface area contributed by atoms with Crippen LogP contribution >= 0.6 is 11.6 Å². The summed E-state index contributed by atoms with van der Waals surface area (Å²) in [5.74, 6) is 0. The molecule has 0 aliphatic carbocycles. The third kappa shape index (κ3) is 1.97. The predicted molar refractivity (Wildman–Crippen MR) is 87.8 cm³/mol. The van der Waals surface area contributed by atoms with Gasteiger partial charge in [-0.3, -0.25) is 14.9 Å². The van der Waals surface area contributed by atoms with E-state index >= 15 is 0 Å². The molecule has 0 aliphatic heterocycles. The maximum absolute atomic E-state index is 12.8. The average Bonchev–Trinajstić information content (AvgIpc) is 2.43. The maximum Gasteiger partial charge on any atom is 0.288 e. The summed E-state index contributed by atoms with van der Waals surface area (Å²) in [7, 11) is 1.82. The molecule has 6 heteroatoms. The fraction of sp³-hybridized carbons (Fsp3) is 0.188. The van der Waals surface area contributed by atoms with E-state index in [2.05, 4.69) is 0 Å². The molecule has 112 valence electrons. The van der Waals surface area contributed by atoms with Gasteiger partial charge in [0.05, 0.1) is 21.3 Å². The van der Waals surface area contributed by atoms with Crippen LogP contribution in [0.4, 0.5) is 5.69 Å². The lowest BCUT2D eigenvalue weighted by molar-refractivity contribution is -0.384. The molecule has 0 spiro atoms. The molecule has 0 bridgehead atoms. The molecule has 1 aromatic heterocycles. The lowest BCUT2D eigenvalue weighted by Crippen LogP contribution is -2.11. The van der Waals surface area contributed by atoms with Crippen molar-refractivity contribution < 1.29 is 4.92 Å². The van der Waals surface area contributed by atoms with Crippen molar-refractivity contribution in [1.82, 2.24) is 4.57 Å². The van der Waals surface area contributed by atoms with Gasteiger partial charge in [-0.1, -0.05) is 17.7 Å². The zero-order valence-corrected chi connectivity index (χ0v) is 13.1. The van der Waals surface area contributed by atoms with Gasteiger partial charge < -0.3 is 4.57 Å². The van der Waals surface area contributed by atoms with E-state index in [9.17, 15) is 14.9 Å². The first-order chi connectivity index (χ1) is 10.3.